The van der Waals surface area contributed by atoms with Gasteiger partial charge in [-0.1, -0.05) is 54.4 Å². The maximum Gasteiger partial charge on any atom is 0.261 e. The molecular formula is C20H24ClNO2. The molecule has 0 radical (unpaired) electrons. The van der Waals surface area contributed by atoms with Gasteiger partial charge >= 0.3 is 0 Å². The minimum atomic E-state index is -0.572. The Hall–Kier alpha value is -2.00. The Balaban J connectivity index is 2.09. The van der Waals surface area contributed by atoms with Gasteiger partial charge in [-0.05, 0) is 50.5 Å². The predicted molar refractivity (Wildman–Crippen MR) is 98.6 cm³/mol. The molecule has 2 aromatic carbocycles. The molecule has 0 aliphatic heterocycles. The average Bonchev–Trinajstić information content (AvgIpc) is 2.56. The van der Waals surface area contributed by atoms with Gasteiger partial charge in [0.25, 0.3) is 5.91 Å². The van der Waals surface area contributed by atoms with Crippen molar-refractivity contribution in [3.05, 3.63) is 64.2 Å². The number of carbonyl (C=O) groups excluding carboxylic acids is 1. The van der Waals surface area contributed by atoms with E-state index < -0.39 is 6.10 Å². The van der Waals surface area contributed by atoms with Crippen molar-refractivity contribution < 1.29 is 9.53 Å². The molecule has 1 amide bonds. The average molecular weight is 346 g/mol. The molecule has 2 atom stereocenters. The minimum absolute atomic E-state index is 0.0821. The van der Waals surface area contributed by atoms with E-state index >= 15 is 0 Å². The van der Waals surface area contributed by atoms with Gasteiger partial charge in [-0.3, -0.25) is 4.79 Å². The smallest absolute Gasteiger partial charge is 0.261 e. The number of hydrogen-bond acceptors (Lipinski definition) is 2. The molecule has 3 nitrogen and oxygen atoms in total. The largest absolute Gasteiger partial charge is 0.479 e. The van der Waals surface area contributed by atoms with Gasteiger partial charge in [0.15, 0.2) is 6.10 Å². The van der Waals surface area contributed by atoms with Crippen molar-refractivity contribution in [3.8, 4) is 5.75 Å². The molecule has 0 aliphatic rings. The molecule has 1 N–H and O–H groups in total. The second-order valence-corrected chi connectivity index (χ2v) is 6.44. The fourth-order valence-electron chi connectivity index (χ4n) is 2.63. The van der Waals surface area contributed by atoms with Crippen LogP contribution in [0.5, 0.6) is 5.75 Å². The van der Waals surface area contributed by atoms with Gasteiger partial charge in [-0.25, -0.2) is 0 Å². The van der Waals surface area contributed by atoms with E-state index in [0.29, 0.717) is 17.2 Å². The molecule has 0 heterocycles. The van der Waals surface area contributed by atoms with E-state index in [2.05, 4.69) is 30.4 Å². The van der Waals surface area contributed by atoms with Crippen LogP contribution < -0.4 is 10.1 Å². The molecule has 2 aromatic rings. The molecule has 4 heteroatoms. The number of rotatable bonds is 6. The van der Waals surface area contributed by atoms with Crippen molar-refractivity contribution in [2.45, 2.75) is 46.3 Å². The first-order chi connectivity index (χ1) is 11.4. The highest BCUT2D eigenvalue weighted by Crippen LogP contribution is 2.25. The number of hydrogen-bond donors (Lipinski definition) is 1. The van der Waals surface area contributed by atoms with Crippen LogP contribution in [-0.4, -0.2) is 12.0 Å². The van der Waals surface area contributed by atoms with Gasteiger partial charge in [0.1, 0.15) is 5.75 Å². The summed E-state index contributed by atoms with van der Waals surface area (Å²) in [6.45, 7) is 8.01. The topological polar surface area (TPSA) is 38.3 Å². The number of benzene rings is 2. The molecule has 2 rings (SSSR count). The van der Waals surface area contributed by atoms with Crippen LogP contribution in [0.4, 0.5) is 0 Å². The second-order valence-electron chi connectivity index (χ2n) is 6.04. The maximum atomic E-state index is 12.6. The Labute approximate surface area is 149 Å². The molecule has 0 unspecified atom stereocenters. The van der Waals surface area contributed by atoms with Crippen molar-refractivity contribution in [2.75, 3.05) is 0 Å². The molecule has 0 spiro atoms. The first kappa shape index (κ1) is 18.3. The lowest BCUT2D eigenvalue weighted by atomic mass is 10.00. The first-order valence-electron chi connectivity index (χ1n) is 8.21. The van der Waals surface area contributed by atoms with Crippen molar-refractivity contribution in [1.29, 1.82) is 0 Å². The van der Waals surface area contributed by atoms with Gasteiger partial charge in [-0.2, -0.15) is 0 Å². The van der Waals surface area contributed by atoms with Crippen LogP contribution in [0, 0.1) is 13.8 Å². The van der Waals surface area contributed by atoms with Gasteiger partial charge in [0.2, 0.25) is 0 Å². The number of aryl methyl sites for hydroxylation is 2. The summed E-state index contributed by atoms with van der Waals surface area (Å²) in [7, 11) is 0. The summed E-state index contributed by atoms with van der Waals surface area (Å²) in [5.41, 5.74) is 3.46. The van der Waals surface area contributed by atoms with E-state index in [1.54, 1.807) is 12.1 Å². The minimum Gasteiger partial charge on any atom is -0.479 e. The lowest BCUT2D eigenvalue weighted by Crippen LogP contribution is -2.39. The zero-order chi connectivity index (χ0) is 17.7. The van der Waals surface area contributed by atoms with Crippen LogP contribution >= 0.6 is 11.6 Å². The number of ether oxygens (including phenoxy) is 1. The van der Waals surface area contributed by atoms with Crippen molar-refractivity contribution in [2.24, 2.45) is 0 Å². The summed E-state index contributed by atoms with van der Waals surface area (Å²) in [5.74, 6) is 0.395. The third kappa shape index (κ3) is 4.51. The highest BCUT2D eigenvalue weighted by Gasteiger charge is 2.22. The van der Waals surface area contributed by atoms with Crippen LogP contribution in [0.25, 0.3) is 0 Å². The summed E-state index contributed by atoms with van der Waals surface area (Å²) < 4.78 is 5.80. The molecular weight excluding hydrogens is 322 g/mol. The Morgan fingerprint density at radius 1 is 1.21 bits per heavy atom. The Bertz CT molecular complexity index is 715. The van der Waals surface area contributed by atoms with Gasteiger partial charge < -0.3 is 10.1 Å². The lowest BCUT2D eigenvalue weighted by Gasteiger charge is -2.22. The summed E-state index contributed by atoms with van der Waals surface area (Å²) in [5, 5.41) is 3.55. The first-order valence-corrected chi connectivity index (χ1v) is 8.59. The molecule has 0 aromatic heterocycles. The SMILES string of the molecule is CC[C@H](Oc1ccccc1Cl)C(=O)N[C@H](C)c1cc(C)ccc1C. The zero-order valence-electron chi connectivity index (χ0n) is 14.6. The van der Waals surface area contributed by atoms with Crippen LogP contribution in [0.1, 0.15) is 43.0 Å². The van der Waals surface area contributed by atoms with E-state index in [-0.39, 0.29) is 11.9 Å². The van der Waals surface area contributed by atoms with E-state index in [1.807, 2.05) is 32.9 Å². The van der Waals surface area contributed by atoms with E-state index in [9.17, 15) is 4.79 Å². The fourth-order valence-corrected chi connectivity index (χ4v) is 2.81. The number of carbonyl (C=O) groups is 1. The van der Waals surface area contributed by atoms with Crippen LogP contribution in [-0.2, 0) is 4.79 Å². The van der Waals surface area contributed by atoms with E-state index in [4.69, 9.17) is 16.3 Å². The van der Waals surface area contributed by atoms with Crippen molar-refractivity contribution in [3.63, 3.8) is 0 Å². The molecule has 0 bridgehead atoms. The summed E-state index contributed by atoms with van der Waals surface area (Å²) >= 11 is 6.11. The molecule has 0 fully saturated rings. The third-order valence-electron chi connectivity index (χ3n) is 4.03. The maximum absolute atomic E-state index is 12.6. The van der Waals surface area contributed by atoms with Crippen LogP contribution in [0.15, 0.2) is 42.5 Å². The number of halogens is 1. The molecule has 128 valence electrons. The molecule has 24 heavy (non-hydrogen) atoms. The van der Waals surface area contributed by atoms with Crippen LogP contribution in [0.3, 0.4) is 0 Å². The van der Waals surface area contributed by atoms with Crippen molar-refractivity contribution >= 4 is 17.5 Å². The fraction of sp³-hybridized carbons (Fsp3) is 0.350. The summed E-state index contributed by atoms with van der Waals surface area (Å²) in [6.07, 6.45) is -0.00574. The highest BCUT2D eigenvalue weighted by atomic mass is 35.5. The monoisotopic (exact) mass is 345 g/mol. The summed E-state index contributed by atoms with van der Waals surface area (Å²) in [6, 6.07) is 13.4. The number of para-hydroxylation sites is 1. The van der Waals surface area contributed by atoms with Crippen molar-refractivity contribution in [1.82, 2.24) is 5.32 Å². The van der Waals surface area contributed by atoms with E-state index in [0.717, 1.165) is 11.1 Å². The molecule has 0 aliphatic carbocycles. The predicted octanol–water partition coefficient (Wildman–Crippen LogP) is 4.99. The normalized spacial score (nSPS) is 13.2. The van der Waals surface area contributed by atoms with Gasteiger partial charge in [-0.15, -0.1) is 0 Å². The quantitative estimate of drug-likeness (QED) is 0.800. The zero-order valence-corrected chi connectivity index (χ0v) is 15.4. The van der Waals surface area contributed by atoms with Gasteiger partial charge in [0.05, 0.1) is 11.1 Å². The Morgan fingerprint density at radius 2 is 1.92 bits per heavy atom. The van der Waals surface area contributed by atoms with Crippen LogP contribution in [0.2, 0.25) is 5.02 Å². The highest BCUT2D eigenvalue weighted by molar-refractivity contribution is 6.32. The van der Waals surface area contributed by atoms with Gasteiger partial charge in [0, 0.05) is 0 Å². The molecule has 0 saturated carbocycles. The molecule has 0 saturated heterocycles. The third-order valence-corrected chi connectivity index (χ3v) is 4.34. The standard InChI is InChI=1S/C20H24ClNO2/c1-5-18(24-19-9-7-6-8-17(19)21)20(23)22-15(4)16-12-13(2)10-11-14(16)3/h6-12,15,18H,5H2,1-4H3,(H,22,23)/t15-,18+/m1/s1. The lowest BCUT2D eigenvalue weighted by molar-refractivity contribution is -0.128. The van der Waals surface area contributed by atoms with E-state index in [1.165, 1.54) is 5.56 Å². The number of nitrogens with one attached hydrogen (secondary N) is 1. The Morgan fingerprint density at radius 3 is 2.58 bits per heavy atom. The second kappa shape index (κ2) is 8.20. The number of amides is 1. The Kier molecular flexibility index (Phi) is 6.27. The summed E-state index contributed by atoms with van der Waals surface area (Å²) in [4.78, 5) is 12.6.